The number of alkyl halides is 3. The van der Waals surface area contributed by atoms with Crippen molar-refractivity contribution in [3.8, 4) is 0 Å². The maximum atomic E-state index is 13.0. The summed E-state index contributed by atoms with van der Waals surface area (Å²) in [5.74, 6) is -2.76. The average molecular weight is 253 g/mol. The Hall–Kier alpha value is -1.66. The van der Waals surface area contributed by atoms with Crippen LogP contribution in [0.1, 0.15) is 5.56 Å². The van der Waals surface area contributed by atoms with Crippen molar-refractivity contribution in [1.29, 1.82) is 0 Å². The van der Waals surface area contributed by atoms with Crippen LogP contribution in [0.2, 0.25) is 0 Å². The molecule has 2 nitrogen and oxygen atoms in total. The zero-order valence-corrected chi connectivity index (χ0v) is 8.44. The minimum atomic E-state index is -4.52. The van der Waals surface area contributed by atoms with E-state index in [1.165, 1.54) is 0 Å². The number of rotatable bonds is 3. The first-order valence-corrected chi connectivity index (χ1v) is 4.55. The number of benzene rings is 1. The lowest BCUT2D eigenvalue weighted by Crippen LogP contribution is -2.34. The molecule has 1 rings (SSSR count). The molecule has 7 heteroatoms. The Morgan fingerprint density at radius 3 is 2.41 bits per heavy atom. The lowest BCUT2D eigenvalue weighted by atomic mass is 10.1. The standard InChI is InChI=1S/C10H8F5NO/c11-7-2-1-6(8(12)4-7)3-9(17)16-5-10(13,14)15/h1-2,4H,3,5H2,(H,16,17). The van der Waals surface area contributed by atoms with Crippen LogP contribution in [0.15, 0.2) is 18.2 Å². The van der Waals surface area contributed by atoms with Crippen molar-refractivity contribution in [2.24, 2.45) is 0 Å². The summed E-state index contributed by atoms with van der Waals surface area (Å²) in [5, 5.41) is 1.59. The first-order valence-electron chi connectivity index (χ1n) is 4.55. The van der Waals surface area contributed by atoms with Gasteiger partial charge in [-0.3, -0.25) is 4.79 Å². The van der Waals surface area contributed by atoms with Crippen LogP contribution in [0.4, 0.5) is 22.0 Å². The smallest absolute Gasteiger partial charge is 0.347 e. The van der Waals surface area contributed by atoms with Crippen molar-refractivity contribution >= 4 is 5.91 Å². The van der Waals surface area contributed by atoms with E-state index in [4.69, 9.17) is 0 Å². The minimum Gasteiger partial charge on any atom is -0.347 e. The molecule has 0 aliphatic carbocycles. The molecule has 0 unspecified atom stereocenters. The zero-order chi connectivity index (χ0) is 13.1. The summed E-state index contributed by atoms with van der Waals surface area (Å²) in [7, 11) is 0. The predicted molar refractivity (Wildman–Crippen MR) is 49.1 cm³/mol. The van der Waals surface area contributed by atoms with Gasteiger partial charge in [0, 0.05) is 6.07 Å². The van der Waals surface area contributed by atoms with E-state index >= 15 is 0 Å². The fraction of sp³-hybridized carbons (Fsp3) is 0.300. The van der Waals surface area contributed by atoms with Gasteiger partial charge in [0.1, 0.15) is 18.2 Å². The van der Waals surface area contributed by atoms with Crippen LogP contribution in [0, 0.1) is 11.6 Å². The van der Waals surface area contributed by atoms with Crippen LogP contribution in [0.3, 0.4) is 0 Å². The van der Waals surface area contributed by atoms with E-state index in [-0.39, 0.29) is 5.56 Å². The number of carbonyl (C=O) groups is 1. The molecule has 0 atom stereocenters. The Balaban J connectivity index is 2.57. The third-order valence-electron chi connectivity index (χ3n) is 1.85. The first kappa shape index (κ1) is 13.4. The van der Waals surface area contributed by atoms with Gasteiger partial charge in [0.15, 0.2) is 0 Å². The second kappa shape index (κ2) is 5.11. The highest BCUT2D eigenvalue weighted by Crippen LogP contribution is 2.13. The quantitative estimate of drug-likeness (QED) is 0.822. The molecule has 1 N–H and O–H groups in total. The molecule has 0 fully saturated rings. The predicted octanol–water partition coefficient (Wildman–Crippen LogP) is 2.19. The summed E-state index contributed by atoms with van der Waals surface area (Å²) in [4.78, 5) is 11.0. The lowest BCUT2D eigenvalue weighted by Gasteiger charge is -2.08. The first-order chi connectivity index (χ1) is 7.78. The maximum Gasteiger partial charge on any atom is 0.405 e. The number of halogens is 5. The third kappa shape index (κ3) is 4.80. The molecule has 0 spiro atoms. The number of amides is 1. The van der Waals surface area contributed by atoms with Crippen LogP contribution in [0.5, 0.6) is 0 Å². The molecule has 0 bridgehead atoms. The van der Waals surface area contributed by atoms with Gasteiger partial charge in [0.05, 0.1) is 6.42 Å². The van der Waals surface area contributed by atoms with Crippen LogP contribution >= 0.6 is 0 Å². The molecule has 17 heavy (non-hydrogen) atoms. The van der Waals surface area contributed by atoms with Gasteiger partial charge in [0.2, 0.25) is 5.91 Å². The number of nitrogens with one attached hydrogen (secondary N) is 1. The maximum absolute atomic E-state index is 13.0. The molecule has 0 saturated carbocycles. The fourth-order valence-corrected chi connectivity index (χ4v) is 1.10. The number of hydrogen-bond acceptors (Lipinski definition) is 1. The SMILES string of the molecule is O=C(Cc1ccc(F)cc1F)NCC(F)(F)F. The topological polar surface area (TPSA) is 29.1 Å². The Labute approximate surface area is 93.4 Å². The summed E-state index contributed by atoms with van der Waals surface area (Å²) in [6.45, 7) is -1.48. The van der Waals surface area contributed by atoms with Crippen molar-refractivity contribution in [3.63, 3.8) is 0 Å². The summed E-state index contributed by atoms with van der Waals surface area (Å²) >= 11 is 0. The van der Waals surface area contributed by atoms with Gasteiger partial charge in [0.25, 0.3) is 0 Å². The van der Waals surface area contributed by atoms with Gasteiger partial charge < -0.3 is 5.32 Å². The average Bonchev–Trinajstić information content (AvgIpc) is 2.18. The van der Waals surface area contributed by atoms with Crippen molar-refractivity contribution < 1.29 is 26.7 Å². The molecule has 1 amide bonds. The summed E-state index contributed by atoms with van der Waals surface area (Å²) in [6, 6.07) is 2.50. The van der Waals surface area contributed by atoms with E-state index < -0.39 is 36.7 Å². The summed E-state index contributed by atoms with van der Waals surface area (Å²) < 4.78 is 60.8. The largest absolute Gasteiger partial charge is 0.405 e. The second-order valence-corrected chi connectivity index (χ2v) is 3.30. The molecule has 94 valence electrons. The molecule has 0 aliphatic heterocycles. The molecular weight excluding hydrogens is 245 g/mol. The van der Waals surface area contributed by atoms with Crippen molar-refractivity contribution in [1.82, 2.24) is 5.32 Å². The monoisotopic (exact) mass is 253 g/mol. The Morgan fingerprint density at radius 1 is 1.24 bits per heavy atom. The minimum absolute atomic E-state index is 0.161. The highest BCUT2D eigenvalue weighted by molar-refractivity contribution is 5.78. The van der Waals surface area contributed by atoms with Crippen molar-refractivity contribution in [2.45, 2.75) is 12.6 Å². The van der Waals surface area contributed by atoms with Gasteiger partial charge in [-0.1, -0.05) is 6.07 Å². The molecule has 1 aromatic rings. The Morgan fingerprint density at radius 2 is 1.88 bits per heavy atom. The zero-order valence-electron chi connectivity index (χ0n) is 8.44. The normalized spacial score (nSPS) is 11.4. The van der Waals surface area contributed by atoms with Gasteiger partial charge in [-0.15, -0.1) is 0 Å². The van der Waals surface area contributed by atoms with Crippen molar-refractivity contribution in [2.75, 3.05) is 6.54 Å². The second-order valence-electron chi connectivity index (χ2n) is 3.30. The van der Waals surface area contributed by atoms with Gasteiger partial charge in [-0.2, -0.15) is 13.2 Å². The molecule has 1 aromatic carbocycles. The van der Waals surface area contributed by atoms with E-state index in [0.29, 0.717) is 6.07 Å². The molecule has 0 aromatic heterocycles. The molecule has 0 radical (unpaired) electrons. The van der Waals surface area contributed by atoms with Crippen LogP contribution in [0.25, 0.3) is 0 Å². The van der Waals surface area contributed by atoms with E-state index in [1.54, 1.807) is 5.32 Å². The number of hydrogen-bond donors (Lipinski definition) is 1. The summed E-state index contributed by atoms with van der Waals surface area (Å²) in [6.07, 6.45) is -5.08. The Kier molecular flexibility index (Phi) is 4.03. The van der Waals surface area contributed by atoms with Crippen molar-refractivity contribution in [3.05, 3.63) is 35.4 Å². The van der Waals surface area contributed by atoms with Crippen LogP contribution in [-0.4, -0.2) is 18.6 Å². The van der Waals surface area contributed by atoms with Gasteiger partial charge in [-0.05, 0) is 11.6 Å². The number of carbonyl (C=O) groups excluding carboxylic acids is 1. The highest BCUT2D eigenvalue weighted by atomic mass is 19.4. The van der Waals surface area contributed by atoms with Gasteiger partial charge in [-0.25, -0.2) is 8.78 Å². The van der Waals surface area contributed by atoms with Gasteiger partial charge >= 0.3 is 6.18 Å². The van der Waals surface area contributed by atoms with E-state index in [0.717, 1.165) is 12.1 Å². The lowest BCUT2D eigenvalue weighted by molar-refractivity contribution is -0.138. The fourth-order valence-electron chi connectivity index (χ4n) is 1.10. The highest BCUT2D eigenvalue weighted by Gasteiger charge is 2.27. The third-order valence-corrected chi connectivity index (χ3v) is 1.85. The molecular formula is C10H8F5NO. The van der Waals surface area contributed by atoms with Crippen LogP contribution in [-0.2, 0) is 11.2 Å². The molecule has 0 saturated heterocycles. The van der Waals surface area contributed by atoms with Crippen LogP contribution < -0.4 is 5.32 Å². The Bertz CT molecular complexity index is 416. The van der Waals surface area contributed by atoms with E-state index in [9.17, 15) is 26.7 Å². The van der Waals surface area contributed by atoms with E-state index in [1.807, 2.05) is 0 Å². The summed E-state index contributed by atoms with van der Waals surface area (Å²) in [5.41, 5.74) is -0.161. The van der Waals surface area contributed by atoms with E-state index in [2.05, 4.69) is 0 Å². The molecule has 0 heterocycles. The molecule has 0 aliphatic rings.